The molecule has 0 saturated carbocycles. The minimum atomic E-state index is -0.457. The van der Waals surface area contributed by atoms with Gasteiger partial charge in [0.1, 0.15) is 0 Å². The van der Waals surface area contributed by atoms with Gasteiger partial charge in [-0.3, -0.25) is 0 Å². The van der Waals surface area contributed by atoms with Crippen molar-refractivity contribution >= 4 is 42.3 Å². The van der Waals surface area contributed by atoms with Crippen molar-refractivity contribution in [1.82, 2.24) is 9.97 Å². The summed E-state index contributed by atoms with van der Waals surface area (Å²) < 4.78 is 2.63. The molecule has 0 fully saturated rings. The van der Waals surface area contributed by atoms with E-state index in [1.807, 2.05) is 11.3 Å². The highest BCUT2D eigenvalue weighted by Gasteiger charge is 2.46. The third-order valence-corrected chi connectivity index (χ3v) is 13.5. The first-order valence-corrected chi connectivity index (χ1v) is 21.3. The predicted octanol–water partition coefficient (Wildman–Crippen LogP) is 15.0. The van der Waals surface area contributed by atoms with Crippen LogP contribution in [-0.4, -0.2) is 9.97 Å². The molecule has 0 atom stereocenters. The van der Waals surface area contributed by atoms with Gasteiger partial charge in [0.25, 0.3) is 0 Å². The molecule has 0 spiro atoms. The summed E-state index contributed by atoms with van der Waals surface area (Å²) >= 11 is 1.85. The van der Waals surface area contributed by atoms with Gasteiger partial charge in [-0.25, -0.2) is 9.97 Å². The van der Waals surface area contributed by atoms with Crippen molar-refractivity contribution in [3.63, 3.8) is 0 Å². The van der Waals surface area contributed by atoms with Crippen molar-refractivity contribution in [3.8, 4) is 56.2 Å². The third kappa shape index (κ3) is 5.40. The topological polar surface area (TPSA) is 25.8 Å². The van der Waals surface area contributed by atoms with Gasteiger partial charge < -0.3 is 0 Å². The maximum Gasteiger partial charge on any atom is 0.161 e. The first-order chi connectivity index (χ1) is 29.7. The number of thiophene rings is 1. The highest BCUT2D eigenvalue weighted by Crippen LogP contribution is 2.56. The van der Waals surface area contributed by atoms with Crippen LogP contribution in [-0.2, 0) is 5.41 Å². The van der Waals surface area contributed by atoms with Crippen molar-refractivity contribution in [2.24, 2.45) is 0 Å². The van der Waals surface area contributed by atoms with Gasteiger partial charge in [0.2, 0.25) is 0 Å². The number of rotatable bonds is 6. The Bertz CT molecular complexity index is 3380. The van der Waals surface area contributed by atoms with Crippen LogP contribution in [0.5, 0.6) is 0 Å². The molecule has 0 unspecified atom stereocenters. The van der Waals surface area contributed by atoms with Crippen LogP contribution < -0.4 is 0 Å². The maximum atomic E-state index is 5.39. The minimum absolute atomic E-state index is 0.457. The van der Waals surface area contributed by atoms with Gasteiger partial charge in [-0.1, -0.05) is 194 Å². The van der Waals surface area contributed by atoms with Crippen molar-refractivity contribution in [1.29, 1.82) is 0 Å². The van der Waals surface area contributed by atoms with E-state index in [-0.39, 0.29) is 0 Å². The largest absolute Gasteiger partial charge is 0.228 e. The molecule has 2 nitrogen and oxygen atoms in total. The zero-order valence-corrected chi connectivity index (χ0v) is 33.4. The summed E-state index contributed by atoms with van der Waals surface area (Å²) in [5.41, 5.74) is 14.4. The van der Waals surface area contributed by atoms with E-state index in [0.29, 0.717) is 5.82 Å². The van der Waals surface area contributed by atoms with Crippen LogP contribution >= 0.6 is 11.3 Å². The van der Waals surface area contributed by atoms with E-state index in [2.05, 4.69) is 218 Å². The predicted molar refractivity (Wildman–Crippen MR) is 251 cm³/mol. The van der Waals surface area contributed by atoms with E-state index < -0.39 is 5.41 Å². The highest BCUT2D eigenvalue weighted by molar-refractivity contribution is 7.25. The molecule has 60 heavy (non-hydrogen) atoms. The minimum Gasteiger partial charge on any atom is -0.228 e. The van der Waals surface area contributed by atoms with Gasteiger partial charge in [-0.2, -0.15) is 0 Å². The smallest absolute Gasteiger partial charge is 0.161 e. The molecule has 280 valence electrons. The van der Waals surface area contributed by atoms with E-state index in [4.69, 9.17) is 9.97 Å². The molecule has 0 saturated heterocycles. The highest BCUT2D eigenvalue weighted by atomic mass is 32.1. The lowest BCUT2D eigenvalue weighted by Crippen LogP contribution is -2.28. The van der Waals surface area contributed by atoms with Gasteiger partial charge in [0.05, 0.1) is 16.8 Å². The molecule has 1 aliphatic carbocycles. The van der Waals surface area contributed by atoms with Crippen molar-refractivity contribution < 1.29 is 0 Å². The molecule has 11 aromatic rings. The average molecular weight is 781 g/mol. The van der Waals surface area contributed by atoms with Crippen LogP contribution in [0.25, 0.3) is 87.1 Å². The standard InChI is InChI=1S/C57H36N2S/c1-3-16-42(17-4-1)57(43-18-5-2-6-19-43)50-24-11-9-21-45(50)49-34-41(31-33-51(49)57)53-36-52(58-56(59-53)48-23-13-15-38-14-7-8-20-44(38)48)39-28-26-37(27-29-39)40-30-32-47-46-22-10-12-25-54(46)60-55(47)35-40/h1-36H. The summed E-state index contributed by atoms with van der Waals surface area (Å²) in [6, 6.07) is 79.2. The molecule has 0 aliphatic heterocycles. The maximum absolute atomic E-state index is 5.39. The number of hydrogen-bond donors (Lipinski definition) is 0. The lowest BCUT2D eigenvalue weighted by molar-refractivity contribution is 0.768. The molecule has 0 bridgehead atoms. The summed E-state index contributed by atoms with van der Waals surface area (Å²) in [4.78, 5) is 10.7. The SMILES string of the molecule is c1ccc(C2(c3ccccc3)c3ccccc3-c3cc(-c4cc(-c5ccc(-c6ccc7c(c6)sc6ccccc67)cc5)nc(-c5cccc6ccccc56)n4)ccc32)cc1. The second kappa shape index (κ2) is 13.8. The van der Waals surface area contributed by atoms with Crippen LogP contribution in [0.3, 0.4) is 0 Å². The molecule has 0 amide bonds. The fraction of sp³-hybridized carbons (Fsp3) is 0.0175. The Morgan fingerprint density at radius 2 is 0.900 bits per heavy atom. The van der Waals surface area contributed by atoms with Crippen LogP contribution in [0.1, 0.15) is 22.3 Å². The normalized spacial score (nSPS) is 12.8. The second-order valence-corrected chi connectivity index (χ2v) is 16.7. The van der Waals surface area contributed by atoms with Crippen molar-refractivity contribution in [2.45, 2.75) is 5.41 Å². The third-order valence-electron chi connectivity index (χ3n) is 12.4. The summed E-state index contributed by atoms with van der Waals surface area (Å²) in [6.07, 6.45) is 0. The molecule has 0 radical (unpaired) electrons. The first-order valence-electron chi connectivity index (χ1n) is 20.5. The summed E-state index contributed by atoms with van der Waals surface area (Å²) in [7, 11) is 0. The van der Waals surface area contributed by atoms with Gasteiger partial charge in [-0.05, 0) is 79.5 Å². The average Bonchev–Trinajstić information content (AvgIpc) is 3.85. The molecule has 1 aliphatic rings. The Morgan fingerprint density at radius 1 is 0.333 bits per heavy atom. The Labute approximate surface area is 352 Å². The van der Waals surface area contributed by atoms with Crippen LogP contribution in [0.15, 0.2) is 218 Å². The van der Waals surface area contributed by atoms with Crippen LogP contribution in [0.4, 0.5) is 0 Å². The summed E-state index contributed by atoms with van der Waals surface area (Å²) in [6.45, 7) is 0. The fourth-order valence-electron chi connectivity index (χ4n) is 9.63. The monoisotopic (exact) mass is 780 g/mol. The molecule has 3 heteroatoms. The molecule has 2 aromatic heterocycles. The van der Waals surface area contributed by atoms with Gasteiger partial charge in [-0.15, -0.1) is 11.3 Å². The van der Waals surface area contributed by atoms with Gasteiger partial charge in [0, 0.05) is 36.9 Å². The lowest BCUT2D eigenvalue weighted by Gasteiger charge is -2.33. The molecule has 12 rings (SSSR count). The van der Waals surface area contributed by atoms with Crippen molar-refractivity contribution in [2.75, 3.05) is 0 Å². The summed E-state index contributed by atoms with van der Waals surface area (Å²) in [5, 5.41) is 4.93. The molecule has 0 N–H and O–H groups in total. The Morgan fingerprint density at radius 3 is 1.70 bits per heavy atom. The molecular weight excluding hydrogens is 745 g/mol. The van der Waals surface area contributed by atoms with E-state index >= 15 is 0 Å². The number of hydrogen-bond acceptors (Lipinski definition) is 3. The molecule has 9 aromatic carbocycles. The Hall–Kier alpha value is -7.46. The zero-order chi connectivity index (χ0) is 39.6. The van der Waals surface area contributed by atoms with E-state index in [0.717, 1.165) is 38.9 Å². The first kappa shape index (κ1) is 34.6. The molecular formula is C57H36N2S. The summed E-state index contributed by atoms with van der Waals surface area (Å²) in [5.74, 6) is 0.711. The van der Waals surface area contributed by atoms with E-state index in [9.17, 15) is 0 Å². The number of benzene rings is 9. The number of nitrogens with zero attached hydrogens (tertiary/aromatic N) is 2. The Kier molecular flexibility index (Phi) is 7.97. The fourth-order valence-corrected chi connectivity index (χ4v) is 10.8. The van der Waals surface area contributed by atoms with Gasteiger partial charge >= 0.3 is 0 Å². The van der Waals surface area contributed by atoms with E-state index in [1.54, 1.807) is 0 Å². The van der Waals surface area contributed by atoms with Crippen LogP contribution in [0, 0.1) is 0 Å². The van der Waals surface area contributed by atoms with Gasteiger partial charge in [0.15, 0.2) is 5.82 Å². The quantitative estimate of drug-likeness (QED) is 0.168. The zero-order valence-electron chi connectivity index (χ0n) is 32.6. The Balaban J connectivity index is 1.02. The lowest BCUT2D eigenvalue weighted by atomic mass is 9.67. The second-order valence-electron chi connectivity index (χ2n) is 15.7. The van der Waals surface area contributed by atoms with Crippen LogP contribution in [0.2, 0.25) is 0 Å². The van der Waals surface area contributed by atoms with E-state index in [1.165, 1.54) is 64.7 Å². The number of aromatic nitrogens is 2. The molecule has 2 heterocycles. The number of fused-ring (bicyclic) bond motifs is 7. The van der Waals surface area contributed by atoms with Crippen molar-refractivity contribution in [3.05, 3.63) is 241 Å².